The first kappa shape index (κ1) is 27.8. The highest BCUT2D eigenvalue weighted by Crippen LogP contribution is 2.40. The Morgan fingerprint density at radius 1 is 0.829 bits per heavy atom. The third kappa shape index (κ3) is 5.60. The molecule has 1 unspecified atom stereocenters. The lowest BCUT2D eigenvalue weighted by atomic mass is 9.83. The summed E-state index contributed by atoms with van der Waals surface area (Å²) >= 11 is 0. The molecular formula is C34H44N4O3. The molecule has 7 nitrogen and oxygen atoms in total. The van der Waals surface area contributed by atoms with Crippen LogP contribution in [-0.4, -0.2) is 77.4 Å². The molecule has 0 aromatic heterocycles. The molecular weight excluding hydrogens is 512 g/mol. The Labute approximate surface area is 244 Å². The lowest BCUT2D eigenvalue weighted by Crippen LogP contribution is -2.57. The molecule has 3 aliphatic heterocycles. The second-order valence-corrected chi connectivity index (χ2v) is 12.8. The van der Waals surface area contributed by atoms with Crippen molar-refractivity contribution in [2.75, 3.05) is 44.3 Å². The van der Waals surface area contributed by atoms with Crippen molar-refractivity contribution in [1.82, 2.24) is 14.7 Å². The van der Waals surface area contributed by atoms with Crippen LogP contribution >= 0.6 is 0 Å². The van der Waals surface area contributed by atoms with Crippen molar-refractivity contribution in [2.45, 2.75) is 76.2 Å². The van der Waals surface area contributed by atoms with Gasteiger partial charge in [-0.25, -0.2) is 0 Å². The zero-order chi connectivity index (χ0) is 28.4. The van der Waals surface area contributed by atoms with Crippen molar-refractivity contribution in [1.29, 1.82) is 0 Å². The average Bonchev–Trinajstić information content (AvgIpc) is 3.28. The summed E-state index contributed by atoms with van der Waals surface area (Å²) in [4.78, 5) is 48.6. The molecule has 1 aliphatic carbocycles. The Bertz CT molecular complexity index is 1230. The van der Waals surface area contributed by atoms with Crippen LogP contribution in [-0.2, 0) is 9.59 Å². The van der Waals surface area contributed by atoms with Gasteiger partial charge in [-0.3, -0.25) is 14.4 Å². The highest BCUT2D eigenvalue weighted by molar-refractivity contribution is 5.97. The first-order valence-corrected chi connectivity index (χ1v) is 15.7. The van der Waals surface area contributed by atoms with Crippen LogP contribution in [0.5, 0.6) is 0 Å². The van der Waals surface area contributed by atoms with Gasteiger partial charge in [0.25, 0.3) is 11.8 Å². The van der Waals surface area contributed by atoms with E-state index in [4.69, 9.17) is 0 Å². The first-order chi connectivity index (χ1) is 19.9. The minimum absolute atomic E-state index is 0.0173. The maximum absolute atomic E-state index is 14.1. The number of para-hydroxylation sites is 1. The summed E-state index contributed by atoms with van der Waals surface area (Å²) in [5.74, 6) is 1.22. The normalized spacial score (nSPS) is 23.3. The molecule has 1 atom stereocenters. The number of anilines is 1. The minimum Gasteiger partial charge on any atom is -0.341 e. The van der Waals surface area contributed by atoms with E-state index in [9.17, 15) is 14.4 Å². The maximum atomic E-state index is 14.1. The lowest BCUT2D eigenvalue weighted by molar-refractivity contribution is -0.141. The fraction of sp³-hybridized carbons (Fsp3) is 0.559. The Morgan fingerprint density at radius 3 is 2.22 bits per heavy atom. The zero-order valence-electron chi connectivity index (χ0n) is 24.5. The molecule has 0 radical (unpaired) electrons. The molecule has 1 saturated carbocycles. The fourth-order valence-electron chi connectivity index (χ4n) is 7.60. The molecule has 218 valence electrons. The molecule has 6 rings (SSSR count). The van der Waals surface area contributed by atoms with Crippen LogP contribution in [0.2, 0.25) is 0 Å². The number of rotatable bonds is 5. The van der Waals surface area contributed by atoms with Gasteiger partial charge < -0.3 is 19.6 Å². The number of carbonyl (C=O) groups is 3. The average molecular weight is 557 g/mol. The predicted octanol–water partition coefficient (Wildman–Crippen LogP) is 5.27. The van der Waals surface area contributed by atoms with Crippen LogP contribution in [0.15, 0.2) is 54.6 Å². The maximum Gasteiger partial charge on any atom is 0.253 e. The Morgan fingerprint density at radius 2 is 1.54 bits per heavy atom. The minimum atomic E-state index is -0.738. The van der Waals surface area contributed by atoms with Crippen molar-refractivity contribution < 1.29 is 14.4 Å². The van der Waals surface area contributed by atoms with E-state index in [0.29, 0.717) is 44.4 Å². The Kier molecular flexibility index (Phi) is 8.05. The van der Waals surface area contributed by atoms with Gasteiger partial charge in [-0.2, -0.15) is 0 Å². The van der Waals surface area contributed by atoms with Crippen molar-refractivity contribution in [2.24, 2.45) is 5.92 Å². The van der Waals surface area contributed by atoms with E-state index in [-0.39, 0.29) is 24.3 Å². The molecule has 41 heavy (non-hydrogen) atoms. The first-order valence-electron chi connectivity index (χ1n) is 15.7. The zero-order valence-corrected chi connectivity index (χ0v) is 24.5. The molecule has 2 aromatic rings. The second kappa shape index (κ2) is 11.9. The molecule has 3 heterocycles. The van der Waals surface area contributed by atoms with Gasteiger partial charge in [-0.15, -0.1) is 0 Å². The summed E-state index contributed by atoms with van der Waals surface area (Å²) in [7, 11) is 0. The molecule has 0 N–H and O–H groups in total. The quantitative estimate of drug-likeness (QED) is 0.503. The predicted molar refractivity (Wildman–Crippen MR) is 161 cm³/mol. The van der Waals surface area contributed by atoms with Gasteiger partial charge in [-0.05, 0) is 80.2 Å². The molecule has 7 heteroatoms. The number of likely N-dealkylation sites (tertiary alicyclic amines) is 2. The largest absolute Gasteiger partial charge is 0.341 e. The van der Waals surface area contributed by atoms with Crippen molar-refractivity contribution in [3.8, 4) is 0 Å². The van der Waals surface area contributed by atoms with E-state index in [0.717, 1.165) is 37.2 Å². The summed E-state index contributed by atoms with van der Waals surface area (Å²) < 4.78 is 0. The van der Waals surface area contributed by atoms with Gasteiger partial charge in [0.1, 0.15) is 12.1 Å². The number of piperidine rings is 2. The second-order valence-electron chi connectivity index (χ2n) is 12.8. The number of nitrogens with zero attached hydrogens (tertiary/aromatic N) is 4. The topological polar surface area (TPSA) is 64.2 Å². The van der Waals surface area contributed by atoms with E-state index in [1.54, 1.807) is 4.90 Å². The van der Waals surface area contributed by atoms with Crippen LogP contribution in [0, 0.1) is 5.92 Å². The van der Waals surface area contributed by atoms with Crippen LogP contribution in [0.1, 0.15) is 86.6 Å². The monoisotopic (exact) mass is 556 g/mol. The third-order valence-electron chi connectivity index (χ3n) is 10.0. The van der Waals surface area contributed by atoms with Crippen LogP contribution in [0.4, 0.5) is 5.69 Å². The van der Waals surface area contributed by atoms with Crippen LogP contribution in [0.3, 0.4) is 0 Å². The highest BCUT2D eigenvalue weighted by Gasteiger charge is 2.54. The summed E-state index contributed by atoms with van der Waals surface area (Å²) in [6, 6.07) is 18.3. The lowest BCUT2D eigenvalue weighted by Gasteiger charge is -2.43. The fourth-order valence-corrected chi connectivity index (χ4v) is 7.60. The molecule has 4 aliphatic rings. The Hall–Kier alpha value is -3.35. The van der Waals surface area contributed by atoms with Crippen molar-refractivity contribution >= 4 is 23.4 Å². The molecule has 3 saturated heterocycles. The highest BCUT2D eigenvalue weighted by atomic mass is 16.2. The number of carbonyl (C=O) groups excluding carboxylic acids is 3. The Balaban J connectivity index is 1.15. The van der Waals surface area contributed by atoms with Gasteiger partial charge in [0, 0.05) is 37.4 Å². The molecule has 3 amide bonds. The number of hydrogen-bond donors (Lipinski definition) is 0. The number of amides is 3. The van der Waals surface area contributed by atoms with Gasteiger partial charge in [-0.1, -0.05) is 56.5 Å². The molecule has 0 bridgehead atoms. The molecule has 2 aromatic carbocycles. The van der Waals surface area contributed by atoms with Crippen molar-refractivity contribution in [3.05, 3.63) is 65.7 Å². The van der Waals surface area contributed by atoms with E-state index >= 15 is 0 Å². The van der Waals surface area contributed by atoms with Crippen LogP contribution in [0.25, 0.3) is 0 Å². The third-order valence-corrected chi connectivity index (χ3v) is 10.0. The van der Waals surface area contributed by atoms with Gasteiger partial charge >= 0.3 is 0 Å². The summed E-state index contributed by atoms with van der Waals surface area (Å²) in [5.41, 5.74) is 2.32. The van der Waals surface area contributed by atoms with E-state index in [1.165, 1.54) is 37.7 Å². The van der Waals surface area contributed by atoms with Gasteiger partial charge in [0.15, 0.2) is 0 Å². The van der Waals surface area contributed by atoms with E-state index in [1.807, 2.05) is 52.3 Å². The standard InChI is InChI=1S/C34H44N4O3/c1-26-9-8-20-36(23-26)31(39)24-37-25-38(30-12-6-3-7-13-30)34(33(37)41)18-21-35(22-19-34)32(40)29-16-14-28(15-17-29)27-10-4-2-5-11-27/h3,6-7,12-17,26-27H,2,4-5,8-11,18-25H2,1H3. The summed E-state index contributed by atoms with van der Waals surface area (Å²) in [6.07, 6.45) is 9.69. The van der Waals surface area contributed by atoms with Gasteiger partial charge in [0.2, 0.25) is 5.91 Å². The van der Waals surface area contributed by atoms with Gasteiger partial charge in [0.05, 0.1) is 6.67 Å². The van der Waals surface area contributed by atoms with Crippen molar-refractivity contribution in [3.63, 3.8) is 0 Å². The molecule has 1 spiro atoms. The van der Waals surface area contributed by atoms with E-state index < -0.39 is 5.54 Å². The van der Waals surface area contributed by atoms with Crippen LogP contribution < -0.4 is 4.90 Å². The number of hydrogen-bond acceptors (Lipinski definition) is 4. The summed E-state index contributed by atoms with van der Waals surface area (Å²) in [5, 5.41) is 0. The number of benzene rings is 2. The SMILES string of the molecule is CC1CCCN(C(=O)CN2CN(c3ccccc3)C3(CCN(C(=O)c4ccc(C5CCCCC5)cc4)CC3)C2=O)C1. The molecule has 4 fully saturated rings. The smallest absolute Gasteiger partial charge is 0.253 e. The van der Waals surface area contributed by atoms with E-state index in [2.05, 4.69) is 24.0 Å². The summed E-state index contributed by atoms with van der Waals surface area (Å²) in [6.45, 7) is 5.28.